The Morgan fingerprint density at radius 1 is 1.08 bits per heavy atom. The summed E-state index contributed by atoms with van der Waals surface area (Å²) in [6.45, 7) is 5.71. The van der Waals surface area contributed by atoms with E-state index in [2.05, 4.69) is 10.6 Å². The van der Waals surface area contributed by atoms with Crippen LogP contribution in [0.15, 0.2) is 29.2 Å². The van der Waals surface area contributed by atoms with Gasteiger partial charge in [-0.3, -0.25) is 9.69 Å². The molecule has 1 fully saturated rings. The number of carbonyl (C=O) groups excluding carboxylic acids is 1. The minimum Gasteiger partial charge on any atom is -0.355 e. The standard InChI is InChI=1S/C17H28N4O3S/c1-15-4-6-16(7-5-15)25(23,24)21-12-10-20(11-13-21)14-17(22)19-9-3-8-18-2/h4-7,18H,3,8-14H2,1-2H3,(H,19,22). The predicted octanol–water partition coefficient (Wildman–Crippen LogP) is 0.0270. The minimum atomic E-state index is -3.45. The first-order chi connectivity index (χ1) is 11.9. The summed E-state index contributed by atoms with van der Waals surface area (Å²) in [5, 5.41) is 5.92. The van der Waals surface area contributed by atoms with Crippen LogP contribution >= 0.6 is 0 Å². The molecule has 7 nitrogen and oxygen atoms in total. The number of rotatable bonds is 8. The van der Waals surface area contributed by atoms with E-state index in [-0.39, 0.29) is 5.91 Å². The molecule has 1 saturated heterocycles. The van der Waals surface area contributed by atoms with E-state index in [9.17, 15) is 13.2 Å². The van der Waals surface area contributed by atoms with Crippen molar-refractivity contribution in [2.75, 3.05) is 52.9 Å². The van der Waals surface area contributed by atoms with Crippen LogP contribution in [0.1, 0.15) is 12.0 Å². The molecule has 1 aromatic rings. The molecule has 2 rings (SSSR count). The lowest BCUT2D eigenvalue weighted by Crippen LogP contribution is -2.51. The molecule has 0 radical (unpaired) electrons. The van der Waals surface area contributed by atoms with Crippen molar-refractivity contribution in [3.8, 4) is 0 Å². The van der Waals surface area contributed by atoms with Crippen molar-refractivity contribution in [3.05, 3.63) is 29.8 Å². The SMILES string of the molecule is CNCCCNC(=O)CN1CCN(S(=O)(=O)c2ccc(C)cc2)CC1. The summed E-state index contributed by atoms with van der Waals surface area (Å²) >= 11 is 0. The molecule has 0 aromatic heterocycles. The molecule has 2 N–H and O–H groups in total. The van der Waals surface area contributed by atoms with Gasteiger partial charge in [0.05, 0.1) is 11.4 Å². The van der Waals surface area contributed by atoms with E-state index in [4.69, 9.17) is 0 Å². The maximum Gasteiger partial charge on any atom is 0.243 e. The molecule has 0 saturated carbocycles. The summed E-state index contributed by atoms with van der Waals surface area (Å²) in [5.74, 6) is -0.00838. The highest BCUT2D eigenvalue weighted by Crippen LogP contribution is 2.18. The van der Waals surface area contributed by atoms with Crippen molar-refractivity contribution in [2.45, 2.75) is 18.2 Å². The zero-order chi connectivity index (χ0) is 18.3. The molecule has 1 amide bonds. The van der Waals surface area contributed by atoms with Crippen LogP contribution in [0.5, 0.6) is 0 Å². The van der Waals surface area contributed by atoms with Crippen LogP contribution < -0.4 is 10.6 Å². The molecule has 0 atom stereocenters. The highest BCUT2D eigenvalue weighted by Gasteiger charge is 2.28. The normalized spacial score (nSPS) is 16.7. The number of aryl methyl sites for hydroxylation is 1. The van der Waals surface area contributed by atoms with Gasteiger partial charge in [0.15, 0.2) is 0 Å². The maximum atomic E-state index is 12.7. The molecule has 140 valence electrons. The molecular formula is C17H28N4O3S. The fourth-order valence-corrected chi connectivity index (χ4v) is 4.16. The van der Waals surface area contributed by atoms with Crippen molar-refractivity contribution in [1.29, 1.82) is 0 Å². The average Bonchev–Trinajstić information content (AvgIpc) is 2.60. The van der Waals surface area contributed by atoms with Gasteiger partial charge in [0.25, 0.3) is 0 Å². The first-order valence-corrected chi connectivity index (χ1v) is 10.1. The molecule has 1 heterocycles. The highest BCUT2D eigenvalue weighted by atomic mass is 32.2. The lowest BCUT2D eigenvalue weighted by Gasteiger charge is -2.33. The quantitative estimate of drug-likeness (QED) is 0.633. The summed E-state index contributed by atoms with van der Waals surface area (Å²) in [5.41, 5.74) is 1.03. The van der Waals surface area contributed by atoms with Crippen molar-refractivity contribution in [3.63, 3.8) is 0 Å². The van der Waals surface area contributed by atoms with Crippen LogP contribution in [0.3, 0.4) is 0 Å². The molecule has 0 unspecified atom stereocenters. The van der Waals surface area contributed by atoms with Crippen molar-refractivity contribution >= 4 is 15.9 Å². The van der Waals surface area contributed by atoms with Crippen LogP contribution in [0.25, 0.3) is 0 Å². The Labute approximate surface area is 150 Å². The van der Waals surface area contributed by atoms with E-state index in [0.29, 0.717) is 44.2 Å². The number of piperazine rings is 1. The van der Waals surface area contributed by atoms with Crippen molar-refractivity contribution < 1.29 is 13.2 Å². The fourth-order valence-electron chi connectivity index (χ4n) is 2.74. The number of sulfonamides is 1. The Kier molecular flexibility index (Phi) is 7.37. The van der Waals surface area contributed by atoms with Gasteiger partial charge in [-0.25, -0.2) is 8.42 Å². The molecular weight excluding hydrogens is 340 g/mol. The lowest BCUT2D eigenvalue weighted by molar-refractivity contribution is -0.122. The zero-order valence-corrected chi connectivity index (χ0v) is 15.8. The average molecular weight is 369 g/mol. The van der Waals surface area contributed by atoms with Gasteiger partial charge in [-0.05, 0) is 39.1 Å². The van der Waals surface area contributed by atoms with E-state index in [0.717, 1.165) is 18.5 Å². The third kappa shape index (κ3) is 5.78. The van der Waals surface area contributed by atoms with Gasteiger partial charge in [0.1, 0.15) is 0 Å². The second kappa shape index (κ2) is 9.28. The van der Waals surface area contributed by atoms with Crippen LogP contribution in [0.2, 0.25) is 0 Å². The summed E-state index contributed by atoms with van der Waals surface area (Å²) in [6, 6.07) is 6.91. The van der Waals surface area contributed by atoms with E-state index < -0.39 is 10.0 Å². The summed E-state index contributed by atoms with van der Waals surface area (Å²) in [7, 11) is -1.57. The smallest absolute Gasteiger partial charge is 0.243 e. The molecule has 1 aliphatic rings. The van der Waals surface area contributed by atoms with Crippen LogP contribution in [0.4, 0.5) is 0 Å². The molecule has 0 aliphatic carbocycles. The third-order valence-electron chi connectivity index (χ3n) is 4.28. The molecule has 1 aliphatic heterocycles. The fraction of sp³-hybridized carbons (Fsp3) is 0.588. The van der Waals surface area contributed by atoms with Gasteiger partial charge >= 0.3 is 0 Å². The summed E-state index contributed by atoms with van der Waals surface area (Å²) in [4.78, 5) is 14.2. The number of hydrogen-bond acceptors (Lipinski definition) is 5. The molecule has 8 heteroatoms. The topological polar surface area (TPSA) is 81.8 Å². The maximum absolute atomic E-state index is 12.7. The molecule has 1 aromatic carbocycles. The first-order valence-electron chi connectivity index (χ1n) is 8.64. The largest absolute Gasteiger partial charge is 0.355 e. The number of nitrogens with one attached hydrogen (secondary N) is 2. The first kappa shape index (κ1) is 19.8. The number of hydrogen-bond donors (Lipinski definition) is 2. The minimum absolute atomic E-state index is 0.00838. The molecule has 25 heavy (non-hydrogen) atoms. The van der Waals surface area contributed by atoms with Gasteiger partial charge in [0, 0.05) is 32.7 Å². The van der Waals surface area contributed by atoms with E-state index in [1.165, 1.54) is 4.31 Å². The second-order valence-corrected chi connectivity index (χ2v) is 8.24. The number of nitrogens with zero attached hydrogens (tertiary/aromatic N) is 2. The molecule has 0 spiro atoms. The van der Waals surface area contributed by atoms with Gasteiger partial charge in [-0.15, -0.1) is 0 Å². The van der Waals surface area contributed by atoms with Crippen LogP contribution in [-0.2, 0) is 14.8 Å². The van der Waals surface area contributed by atoms with Gasteiger partial charge in [-0.1, -0.05) is 17.7 Å². The number of carbonyl (C=O) groups is 1. The zero-order valence-electron chi connectivity index (χ0n) is 15.0. The van der Waals surface area contributed by atoms with Crippen molar-refractivity contribution in [2.24, 2.45) is 0 Å². The Hall–Kier alpha value is -1.48. The predicted molar refractivity (Wildman–Crippen MR) is 97.9 cm³/mol. The van der Waals surface area contributed by atoms with E-state index >= 15 is 0 Å². The Morgan fingerprint density at radius 3 is 2.32 bits per heavy atom. The van der Waals surface area contributed by atoms with E-state index in [1.54, 1.807) is 12.1 Å². The van der Waals surface area contributed by atoms with Gasteiger partial charge in [0.2, 0.25) is 15.9 Å². The third-order valence-corrected chi connectivity index (χ3v) is 6.20. The van der Waals surface area contributed by atoms with Crippen molar-refractivity contribution in [1.82, 2.24) is 19.8 Å². The van der Waals surface area contributed by atoms with Gasteiger partial charge in [-0.2, -0.15) is 4.31 Å². The van der Waals surface area contributed by atoms with E-state index in [1.807, 2.05) is 31.0 Å². The Balaban J connectivity index is 1.81. The number of amides is 1. The Morgan fingerprint density at radius 2 is 1.72 bits per heavy atom. The molecule has 0 bridgehead atoms. The Bertz CT molecular complexity index is 653. The summed E-state index contributed by atoms with van der Waals surface area (Å²) < 4.78 is 26.8. The van der Waals surface area contributed by atoms with Gasteiger partial charge < -0.3 is 10.6 Å². The highest BCUT2D eigenvalue weighted by molar-refractivity contribution is 7.89. The second-order valence-electron chi connectivity index (χ2n) is 6.30. The monoisotopic (exact) mass is 368 g/mol. The van der Waals surface area contributed by atoms with Crippen LogP contribution in [-0.4, -0.2) is 76.4 Å². The van der Waals surface area contributed by atoms with Crippen LogP contribution in [0, 0.1) is 6.92 Å². The number of benzene rings is 1. The lowest BCUT2D eigenvalue weighted by atomic mass is 10.2. The summed E-state index contributed by atoms with van der Waals surface area (Å²) in [6.07, 6.45) is 0.894.